The SMILES string of the molecule is COc1ccc(-c2cnoc2NC(=O)c2ccc(Cl)cc2)cc1OC. The van der Waals surface area contributed by atoms with Crippen LogP contribution in [0.3, 0.4) is 0 Å². The molecule has 0 fully saturated rings. The van der Waals surface area contributed by atoms with Crippen LogP contribution in [0.5, 0.6) is 11.5 Å². The van der Waals surface area contributed by atoms with E-state index in [2.05, 4.69) is 10.5 Å². The number of anilines is 1. The van der Waals surface area contributed by atoms with Gasteiger partial charge in [-0.25, -0.2) is 0 Å². The molecule has 128 valence electrons. The van der Waals surface area contributed by atoms with E-state index in [0.717, 1.165) is 5.56 Å². The van der Waals surface area contributed by atoms with Gasteiger partial charge < -0.3 is 14.0 Å². The predicted molar refractivity (Wildman–Crippen MR) is 94.4 cm³/mol. The van der Waals surface area contributed by atoms with Gasteiger partial charge in [0.15, 0.2) is 11.5 Å². The summed E-state index contributed by atoms with van der Waals surface area (Å²) >= 11 is 5.84. The Kier molecular flexibility index (Phi) is 4.90. The van der Waals surface area contributed by atoms with E-state index in [4.69, 9.17) is 25.6 Å². The Hall–Kier alpha value is -2.99. The number of benzene rings is 2. The van der Waals surface area contributed by atoms with Gasteiger partial charge in [-0.05, 0) is 42.0 Å². The first-order valence-corrected chi connectivity index (χ1v) is 7.74. The van der Waals surface area contributed by atoms with E-state index >= 15 is 0 Å². The first-order valence-electron chi connectivity index (χ1n) is 7.36. The highest BCUT2D eigenvalue weighted by Crippen LogP contribution is 2.35. The molecule has 7 heteroatoms. The third-order valence-corrected chi connectivity index (χ3v) is 3.85. The molecular formula is C18H15ClN2O4. The minimum absolute atomic E-state index is 0.243. The zero-order valence-corrected chi connectivity index (χ0v) is 14.3. The Labute approximate surface area is 149 Å². The number of nitrogens with one attached hydrogen (secondary N) is 1. The summed E-state index contributed by atoms with van der Waals surface area (Å²) in [6, 6.07) is 11.9. The Bertz CT molecular complexity index is 890. The molecule has 1 aromatic heterocycles. The summed E-state index contributed by atoms with van der Waals surface area (Å²) in [5, 5.41) is 7.04. The van der Waals surface area contributed by atoms with Crippen molar-refractivity contribution in [2.45, 2.75) is 0 Å². The quantitative estimate of drug-likeness (QED) is 0.737. The van der Waals surface area contributed by atoms with Gasteiger partial charge in [-0.15, -0.1) is 0 Å². The van der Waals surface area contributed by atoms with Crippen LogP contribution in [0.25, 0.3) is 11.1 Å². The maximum absolute atomic E-state index is 12.3. The molecule has 0 bridgehead atoms. The van der Waals surface area contributed by atoms with E-state index in [1.807, 2.05) is 6.07 Å². The summed E-state index contributed by atoms with van der Waals surface area (Å²) in [5.74, 6) is 1.09. The third-order valence-electron chi connectivity index (χ3n) is 3.60. The van der Waals surface area contributed by atoms with E-state index in [1.54, 1.807) is 50.6 Å². The molecule has 0 aliphatic rings. The fourth-order valence-corrected chi connectivity index (χ4v) is 2.44. The smallest absolute Gasteiger partial charge is 0.258 e. The molecule has 0 aliphatic carbocycles. The van der Waals surface area contributed by atoms with E-state index in [9.17, 15) is 4.79 Å². The molecule has 1 heterocycles. The summed E-state index contributed by atoms with van der Waals surface area (Å²) in [4.78, 5) is 12.3. The number of hydrogen-bond donors (Lipinski definition) is 1. The van der Waals surface area contributed by atoms with Gasteiger partial charge in [0.05, 0.1) is 26.0 Å². The highest BCUT2D eigenvalue weighted by Gasteiger charge is 2.16. The molecule has 0 atom stereocenters. The first-order chi connectivity index (χ1) is 12.1. The van der Waals surface area contributed by atoms with Crippen LogP contribution in [0.1, 0.15) is 10.4 Å². The Morgan fingerprint density at radius 1 is 1.08 bits per heavy atom. The van der Waals surface area contributed by atoms with E-state index < -0.39 is 0 Å². The van der Waals surface area contributed by atoms with Crippen molar-refractivity contribution in [2.75, 3.05) is 19.5 Å². The van der Waals surface area contributed by atoms with Gasteiger partial charge in [0, 0.05) is 10.6 Å². The van der Waals surface area contributed by atoms with Crippen LogP contribution in [-0.2, 0) is 0 Å². The maximum atomic E-state index is 12.3. The second kappa shape index (κ2) is 7.27. The number of hydrogen-bond acceptors (Lipinski definition) is 5. The average molecular weight is 359 g/mol. The van der Waals surface area contributed by atoms with Crippen molar-refractivity contribution in [1.82, 2.24) is 5.16 Å². The summed E-state index contributed by atoms with van der Waals surface area (Å²) < 4.78 is 15.7. The van der Waals surface area contributed by atoms with Crippen molar-refractivity contribution in [3.05, 3.63) is 59.2 Å². The van der Waals surface area contributed by atoms with Crippen LogP contribution in [-0.4, -0.2) is 25.3 Å². The van der Waals surface area contributed by atoms with E-state index in [0.29, 0.717) is 27.6 Å². The van der Waals surface area contributed by atoms with Gasteiger partial charge in [-0.2, -0.15) is 0 Å². The van der Waals surface area contributed by atoms with Crippen LogP contribution in [0.2, 0.25) is 5.02 Å². The second-order valence-corrected chi connectivity index (χ2v) is 5.54. The lowest BCUT2D eigenvalue weighted by molar-refractivity contribution is 0.102. The van der Waals surface area contributed by atoms with E-state index in [-0.39, 0.29) is 11.8 Å². The van der Waals surface area contributed by atoms with Gasteiger partial charge in [-0.3, -0.25) is 10.1 Å². The fourth-order valence-electron chi connectivity index (χ4n) is 2.32. The van der Waals surface area contributed by atoms with Crippen LogP contribution in [0, 0.1) is 0 Å². The van der Waals surface area contributed by atoms with Crippen LogP contribution >= 0.6 is 11.6 Å². The van der Waals surface area contributed by atoms with Crippen molar-refractivity contribution in [3.8, 4) is 22.6 Å². The summed E-state index contributed by atoms with van der Waals surface area (Å²) in [6.07, 6.45) is 1.53. The highest BCUT2D eigenvalue weighted by molar-refractivity contribution is 6.30. The van der Waals surface area contributed by atoms with E-state index in [1.165, 1.54) is 6.20 Å². The number of halogens is 1. The minimum Gasteiger partial charge on any atom is -0.493 e. The second-order valence-electron chi connectivity index (χ2n) is 5.10. The normalized spacial score (nSPS) is 10.4. The van der Waals surface area contributed by atoms with Crippen molar-refractivity contribution < 1.29 is 18.8 Å². The Balaban J connectivity index is 1.88. The summed E-state index contributed by atoms with van der Waals surface area (Å²) in [6.45, 7) is 0. The number of methoxy groups -OCH3 is 2. The zero-order chi connectivity index (χ0) is 17.8. The lowest BCUT2D eigenvalue weighted by Gasteiger charge is -2.09. The molecule has 25 heavy (non-hydrogen) atoms. The maximum Gasteiger partial charge on any atom is 0.258 e. The lowest BCUT2D eigenvalue weighted by Crippen LogP contribution is -2.11. The first kappa shape index (κ1) is 16.9. The van der Waals surface area contributed by atoms with Crippen molar-refractivity contribution in [1.29, 1.82) is 0 Å². The molecule has 1 N–H and O–H groups in total. The summed E-state index contributed by atoms with van der Waals surface area (Å²) in [5.41, 5.74) is 1.85. The van der Waals surface area contributed by atoms with Gasteiger partial charge in [-0.1, -0.05) is 22.8 Å². The molecule has 1 amide bonds. The predicted octanol–water partition coefficient (Wildman–Crippen LogP) is 4.26. The fraction of sp³-hybridized carbons (Fsp3) is 0.111. The topological polar surface area (TPSA) is 73.6 Å². The van der Waals surface area contributed by atoms with Crippen LogP contribution in [0.4, 0.5) is 5.88 Å². The van der Waals surface area contributed by atoms with Crippen LogP contribution in [0.15, 0.2) is 53.2 Å². The Morgan fingerprint density at radius 3 is 2.48 bits per heavy atom. The molecule has 0 saturated carbocycles. The Morgan fingerprint density at radius 2 is 1.80 bits per heavy atom. The molecule has 0 saturated heterocycles. The molecule has 3 aromatic rings. The molecule has 0 spiro atoms. The molecule has 6 nitrogen and oxygen atoms in total. The summed E-state index contributed by atoms with van der Waals surface area (Å²) in [7, 11) is 3.12. The molecule has 0 unspecified atom stereocenters. The monoisotopic (exact) mass is 358 g/mol. The molecule has 3 rings (SSSR count). The minimum atomic E-state index is -0.324. The third kappa shape index (κ3) is 3.59. The number of ether oxygens (including phenoxy) is 2. The van der Waals surface area contributed by atoms with Crippen molar-refractivity contribution >= 4 is 23.4 Å². The van der Waals surface area contributed by atoms with Gasteiger partial charge >= 0.3 is 0 Å². The number of carbonyl (C=O) groups excluding carboxylic acids is 1. The molecule has 2 aromatic carbocycles. The number of nitrogens with zero attached hydrogens (tertiary/aromatic N) is 1. The van der Waals surface area contributed by atoms with Crippen molar-refractivity contribution in [2.24, 2.45) is 0 Å². The highest BCUT2D eigenvalue weighted by atomic mass is 35.5. The van der Waals surface area contributed by atoms with Gasteiger partial charge in [0.1, 0.15) is 0 Å². The molecule has 0 aliphatic heterocycles. The molecular weight excluding hydrogens is 344 g/mol. The zero-order valence-electron chi connectivity index (χ0n) is 13.6. The number of aromatic nitrogens is 1. The van der Waals surface area contributed by atoms with Crippen LogP contribution < -0.4 is 14.8 Å². The standard InChI is InChI=1S/C18H15ClN2O4/c1-23-15-8-5-12(9-16(15)24-2)14-10-20-25-18(14)21-17(22)11-3-6-13(19)7-4-11/h3-10H,1-2H3,(H,21,22). The van der Waals surface area contributed by atoms with Crippen molar-refractivity contribution in [3.63, 3.8) is 0 Å². The van der Waals surface area contributed by atoms with Gasteiger partial charge in [0.2, 0.25) is 5.88 Å². The largest absolute Gasteiger partial charge is 0.493 e. The number of rotatable bonds is 5. The van der Waals surface area contributed by atoms with Gasteiger partial charge in [0.25, 0.3) is 5.91 Å². The number of carbonyl (C=O) groups is 1. The number of amides is 1. The lowest BCUT2D eigenvalue weighted by atomic mass is 10.1. The average Bonchev–Trinajstić information content (AvgIpc) is 3.09. The molecule has 0 radical (unpaired) electrons.